The maximum absolute atomic E-state index is 13.7. The van der Waals surface area contributed by atoms with Gasteiger partial charge in [0.15, 0.2) is 11.6 Å². The van der Waals surface area contributed by atoms with Crippen molar-refractivity contribution in [1.82, 2.24) is 9.97 Å². The van der Waals surface area contributed by atoms with Crippen LogP contribution in [0, 0.1) is 24.3 Å². The van der Waals surface area contributed by atoms with Gasteiger partial charge in [0, 0.05) is 11.1 Å². The molecule has 0 aliphatic heterocycles. The Morgan fingerprint density at radius 1 is 1.33 bits per heavy atom. The second-order valence-electron chi connectivity index (χ2n) is 3.98. The van der Waals surface area contributed by atoms with E-state index in [0.29, 0.717) is 10.5 Å². The van der Waals surface area contributed by atoms with Gasteiger partial charge in [-0.15, -0.1) is 0 Å². The van der Waals surface area contributed by atoms with Crippen LogP contribution in [-0.2, 0) is 0 Å². The quantitative estimate of drug-likeness (QED) is 0.843. The zero-order valence-corrected chi connectivity index (χ0v) is 11.2. The smallest absolute Gasteiger partial charge is 0.165 e. The molecule has 0 aliphatic rings. The molecule has 1 heterocycles. The Morgan fingerprint density at radius 3 is 2.67 bits per heavy atom. The predicted molar refractivity (Wildman–Crippen MR) is 70.8 cm³/mol. The van der Waals surface area contributed by atoms with Crippen LogP contribution in [0.25, 0.3) is 11.3 Å². The third kappa shape index (κ3) is 2.26. The minimum absolute atomic E-state index is 0.223. The van der Waals surface area contributed by atoms with Crippen molar-refractivity contribution in [2.45, 2.75) is 13.8 Å². The van der Waals surface area contributed by atoms with Gasteiger partial charge in [0.1, 0.15) is 10.5 Å². The van der Waals surface area contributed by atoms with Crippen molar-refractivity contribution in [2.75, 3.05) is 7.11 Å². The van der Waals surface area contributed by atoms with Gasteiger partial charge in [0.25, 0.3) is 0 Å². The van der Waals surface area contributed by atoms with Crippen LogP contribution in [0.1, 0.15) is 11.4 Å². The fourth-order valence-corrected chi connectivity index (χ4v) is 2.00. The van der Waals surface area contributed by atoms with Gasteiger partial charge in [-0.05, 0) is 32.0 Å². The Balaban J connectivity index is 2.62. The molecule has 0 unspecified atom stereocenters. The molecule has 0 fully saturated rings. The number of hydrogen-bond donors (Lipinski definition) is 1. The molecule has 1 aromatic carbocycles. The summed E-state index contributed by atoms with van der Waals surface area (Å²) in [6, 6.07) is 4.80. The highest BCUT2D eigenvalue weighted by molar-refractivity contribution is 7.71. The van der Waals surface area contributed by atoms with E-state index in [1.54, 1.807) is 12.1 Å². The van der Waals surface area contributed by atoms with E-state index in [-0.39, 0.29) is 5.75 Å². The lowest BCUT2D eigenvalue weighted by Gasteiger charge is -2.09. The number of hydrogen-bond acceptors (Lipinski definition) is 3. The number of aromatic nitrogens is 2. The van der Waals surface area contributed by atoms with E-state index in [9.17, 15) is 4.39 Å². The normalized spacial score (nSPS) is 10.4. The van der Waals surface area contributed by atoms with Gasteiger partial charge in [0.2, 0.25) is 0 Å². The molecular formula is C13H13FN2OS. The van der Waals surface area contributed by atoms with Gasteiger partial charge in [-0.25, -0.2) is 9.37 Å². The van der Waals surface area contributed by atoms with Gasteiger partial charge in [-0.2, -0.15) is 0 Å². The largest absolute Gasteiger partial charge is 0.494 e. The molecule has 18 heavy (non-hydrogen) atoms. The van der Waals surface area contributed by atoms with Crippen LogP contribution < -0.4 is 4.74 Å². The van der Waals surface area contributed by atoms with E-state index in [0.717, 1.165) is 16.8 Å². The van der Waals surface area contributed by atoms with Gasteiger partial charge in [-0.1, -0.05) is 12.2 Å². The Bertz CT molecular complexity index is 652. The standard InChI is InChI=1S/C13H13FN2OS/c1-7-12(15-8(2)16-13(7)18)9-4-5-11(17-3)10(14)6-9/h4-6H,1-3H3,(H,15,16,18). The van der Waals surface area contributed by atoms with Gasteiger partial charge >= 0.3 is 0 Å². The highest BCUT2D eigenvalue weighted by atomic mass is 32.1. The SMILES string of the molecule is COc1ccc(-c2[nH]c(C)nc(=S)c2C)cc1F. The van der Waals surface area contributed by atoms with Crippen LogP contribution in [0.5, 0.6) is 5.75 Å². The van der Waals surface area contributed by atoms with E-state index >= 15 is 0 Å². The summed E-state index contributed by atoms with van der Waals surface area (Å²) in [5.74, 6) is 0.529. The average molecular weight is 264 g/mol. The summed E-state index contributed by atoms with van der Waals surface area (Å²) in [5.41, 5.74) is 2.34. The lowest BCUT2D eigenvalue weighted by molar-refractivity contribution is 0.386. The number of halogens is 1. The molecule has 0 saturated carbocycles. The lowest BCUT2D eigenvalue weighted by Crippen LogP contribution is -1.97. The summed E-state index contributed by atoms with van der Waals surface area (Å²) in [5, 5.41) is 0. The molecule has 1 N–H and O–H groups in total. The predicted octanol–water partition coefficient (Wildman–Crippen LogP) is 3.57. The average Bonchev–Trinajstić information content (AvgIpc) is 2.33. The second kappa shape index (κ2) is 4.86. The minimum Gasteiger partial charge on any atom is -0.494 e. The Morgan fingerprint density at radius 2 is 2.06 bits per heavy atom. The number of methoxy groups -OCH3 is 1. The molecular weight excluding hydrogens is 251 g/mol. The van der Waals surface area contributed by atoms with Crippen LogP contribution in [0.3, 0.4) is 0 Å². The Labute approximate surface area is 110 Å². The monoisotopic (exact) mass is 264 g/mol. The first kappa shape index (κ1) is 12.7. The summed E-state index contributed by atoms with van der Waals surface area (Å²) in [4.78, 5) is 7.27. The summed E-state index contributed by atoms with van der Waals surface area (Å²) in [7, 11) is 1.44. The number of rotatable bonds is 2. The van der Waals surface area contributed by atoms with Gasteiger partial charge in [-0.3, -0.25) is 0 Å². The molecule has 5 heteroatoms. The maximum atomic E-state index is 13.7. The minimum atomic E-state index is -0.400. The third-order valence-electron chi connectivity index (χ3n) is 2.71. The van der Waals surface area contributed by atoms with Crippen LogP contribution in [0.15, 0.2) is 18.2 Å². The fraction of sp³-hybridized carbons (Fsp3) is 0.231. The number of nitrogens with zero attached hydrogens (tertiary/aromatic N) is 1. The van der Waals surface area contributed by atoms with Crippen molar-refractivity contribution >= 4 is 12.2 Å². The first-order chi connectivity index (χ1) is 8.52. The second-order valence-corrected chi connectivity index (χ2v) is 4.36. The van der Waals surface area contributed by atoms with Crippen LogP contribution >= 0.6 is 12.2 Å². The lowest BCUT2D eigenvalue weighted by atomic mass is 10.1. The molecule has 2 rings (SSSR count). The van der Waals surface area contributed by atoms with E-state index in [1.165, 1.54) is 13.2 Å². The number of H-pyrrole nitrogens is 1. The summed E-state index contributed by atoms with van der Waals surface area (Å²) >= 11 is 5.16. The van der Waals surface area contributed by atoms with Crippen molar-refractivity contribution in [1.29, 1.82) is 0 Å². The number of aromatic amines is 1. The van der Waals surface area contributed by atoms with Crippen LogP contribution in [0.2, 0.25) is 0 Å². The van der Waals surface area contributed by atoms with E-state index in [2.05, 4.69) is 9.97 Å². The van der Waals surface area contributed by atoms with Crippen molar-refractivity contribution in [3.05, 3.63) is 40.0 Å². The molecule has 0 aliphatic carbocycles. The molecule has 94 valence electrons. The van der Waals surface area contributed by atoms with E-state index in [1.807, 2.05) is 13.8 Å². The van der Waals surface area contributed by atoms with Crippen molar-refractivity contribution in [2.24, 2.45) is 0 Å². The highest BCUT2D eigenvalue weighted by Crippen LogP contribution is 2.26. The highest BCUT2D eigenvalue weighted by Gasteiger charge is 2.09. The summed E-state index contributed by atoms with van der Waals surface area (Å²) in [6.07, 6.45) is 0. The fourth-order valence-electron chi connectivity index (χ4n) is 1.76. The van der Waals surface area contributed by atoms with E-state index < -0.39 is 5.82 Å². The molecule has 0 amide bonds. The number of nitrogens with one attached hydrogen (secondary N) is 1. The molecule has 0 atom stereocenters. The summed E-state index contributed by atoms with van der Waals surface area (Å²) < 4.78 is 19.1. The third-order valence-corrected chi connectivity index (χ3v) is 3.11. The Kier molecular flexibility index (Phi) is 3.43. The first-order valence-corrected chi connectivity index (χ1v) is 5.85. The van der Waals surface area contributed by atoms with E-state index in [4.69, 9.17) is 17.0 Å². The summed E-state index contributed by atoms with van der Waals surface area (Å²) in [6.45, 7) is 3.68. The molecule has 0 saturated heterocycles. The molecule has 0 spiro atoms. The zero-order chi connectivity index (χ0) is 13.3. The number of benzene rings is 1. The van der Waals surface area contributed by atoms with Crippen molar-refractivity contribution in [3.8, 4) is 17.0 Å². The van der Waals surface area contributed by atoms with Crippen molar-refractivity contribution in [3.63, 3.8) is 0 Å². The molecule has 1 aromatic heterocycles. The number of ether oxygens (including phenoxy) is 1. The maximum Gasteiger partial charge on any atom is 0.165 e. The number of aryl methyl sites for hydroxylation is 1. The van der Waals surface area contributed by atoms with Gasteiger partial charge < -0.3 is 9.72 Å². The molecule has 0 radical (unpaired) electrons. The molecule has 2 aromatic rings. The van der Waals surface area contributed by atoms with Crippen molar-refractivity contribution < 1.29 is 9.13 Å². The van der Waals surface area contributed by atoms with Crippen LogP contribution in [0.4, 0.5) is 4.39 Å². The molecule has 3 nitrogen and oxygen atoms in total. The topological polar surface area (TPSA) is 37.9 Å². The van der Waals surface area contributed by atoms with Crippen LogP contribution in [-0.4, -0.2) is 17.1 Å². The first-order valence-electron chi connectivity index (χ1n) is 5.44. The molecule has 0 bridgehead atoms. The van der Waals surface area contributed by atoms with Gasteiger partial charge in [0.05, 0.1) is 12.8 Å². The zero-order valence-electron chi connectivity index (χ0n) is 10.4. The Hall–Kier alpha value is -1.75.